The van der Waals surface area contributed by atoms with Crippen LogP contribution in [0.3, 0.4) is 0 Å². The summed E-state index contributed by atoms with van der Waals surface area (Å²) in [6, 6.07) is 8.07. The van der Waals surface area contributed by atoms with Gasteiger partial charge in [0, 0.05) is 11.1 Å². The molecule has 20 heavy (non-hydrogen) atoms. The summed E-state index contributed by atoms with van der Waals surface area (Å²) in [6.07, 6.45) is 6.12. The average Bonchev–Trinajstić information content (AvgIpc) is 3.25. The van der Waals surface area contributed by atoms with Gasteiger partial charge in [-0.1, -0.05) is 37.1 Å². The second-order valence-electron chi connectivity index (χ2n) is 5.09. The molecule has 1 saturated carbocycles. The van der Waals surface area contributed by atoms with E-state index >= 15 is 0 Å². The second kappa shape index (κ2) is 5.80. The molecule has 2 aromatic rings. The predicted octanol–water partition coefficient (Wildman–Crippen LogP) is 4.29. The van der Waals surface area contributed by atoms with E-state index in [0.29, 0.717) is 11.3 Å². The van der Waals surface area contributed by atoms with Gasteiger partial charge in [0.05, 0.1) is 11.8 Å². The van der Waals surface area contributed by atoms with Gasteiger partial charge in [-0.05, 0) is 31.4 Å². The maximum absolute atomic E-state index is 6.21. The summed E-state index contributed by atoms with van der Waals surface area (Å²) < 4.78 is 5.84. The summed E-state index contributed by atoms with van der Waals surface area (Å²) in [6.45, 7) is 2.12. The average molecular weight is 289 g/mol. The van der Waals surface area contributed by atoms with E-state index in [0.717, 1.165) is 48.3 Å². The highest BCUT2D eigenvalue weighted by Gasteiger charge is 2.23. The van der Waals surface area contributed by atoms with Crippen LogP contribution in [0.4, 0.5) is 0 Å². The van der Waals surface area contributed by atoms with Crippen LogP contribution in [0.15, 0.2) is 30.6 Å². The zero-order chi connectivity index (χ0) is 13.9. The molecule has 1 aromatic carbocycles. The van der Waals surface area contributed by atoms with Crippen molar-refractivity contribution < 1.29 is 4.74 Å². The minimum Gasteiger partial charge on any atom is -0.490 e. The molecule has 1 aliphatic carbocycles. The maximum atomic E-state index is 6.21. The lowest BCUT2D eigenvalue weighted by atomic mass is 10.0. The number of benzene rings is 1. The van der Waals surface area contributed by atoms with Crippen molar-refractivity contribution in [3.05, 3.63) is 41.3 Å². The van der Waals surface area contributed by atoms with Crippen LogP contribution in [0.2, 0.25) is 5.15 Å². The largest absolute Gasteiger partial charge is 0.490 e. The van der Waals surface area contributed by atoms with Gasteiger partial charge >= 0.3 is 0 Å². The fraction of sp³-hybridized carbons (Fsp3) is 0.375. The highest BCUT2D eigenvalue weighted by Crippen LogP contribution is 2.31. The molecule has 0 atom stereocenters. The van der Waals surface area contributed by atoms with Crippen molar-refractivity contribution >= 4 is 11.6 Å². The van der Waals surface area contributed by atoms with Gasteiger partial charge in [0.15, 0.2) is 0 Å². The Bertz CT molecular complexity index is 611. The lowest BCUT2D eigenvalue weighted by Gasteiger charge is -2.11. The van der Waals surface area contributed by atoms with Gasteiger partial charge in [-0.2, -0.15) is 0 Å². The van der Waals surface area contributed by atoms with Crippen molar-refractivity contribution in [1.82, 2.24) is 9.97 Å². The lowest BCUT2D eigenvalue weighted by Crippen LogP contribution is -1.99. The topological polar surface area (TPSA) is 35.0 Å². The van der Waals surface area contributed by atoms with Crippen LogP contribution in [0.25, 0.3) is 11.3 Å². The van der Waals surface area contributed by atoms with Gasteiger partial charge in [-0.3, -0.25) is 0 Å². The third-order valence-corrected chi connectivity index (χ3v) is 3.65. The predicted molar refractivity (Wildman–Crippen MR) is 80.1 cm³/mol. The molecule has 4 heteroatoms. The number of ether oxygens (including phenoxy) is 1. The van der Waals surface area contributed by atoms with Crippen LogP contribution >= 0.6 is 11.6 Å². The van der Waals surface area contributed by atoms with Crippen LogP contribution in [-0.4, -0.2) is 16.1 Å². The highest BCUT2D eigenvalue weighted by atomic mass is 35.5. The van der Waals surface area contributed by atoms with E-state index in [9.17, 15) is 0 Å². The molecular weight excluding hydrogens is 272 g/mol. The van der Waals surface area contributed by atoms with E-state index in [-0.39, 0.29) is 0 Å². The SMILES string of the molecule is CCCc1c(Cl)ncnc1-c1cccc(OC2CC2)c1. The molecule has 0 aliphatic heterocycles. The summed E-state index contributed by atoms with van der Waals surface area (Å²) >= 11 is 6.21. The van der Waals surface area contributed by atoms with Crippen molar-refractivity contribution in [2.45, 2.75) is 38.7 Å². The third kappa shape index (κ3) is 2.93. The van der Waals surface area contributed by atoms with Gasteiger partial charge in [-0.15, -0.1) is 0 Å². The monoisotopic (exact) mass is 288 g/mol. The number of nitrogens with zero attached hydrogens (tertiary/aromatic N) is 2. The number of halogens is 1. The molecule has 0 bridgehead atoms. The summed E-state index contributed by atoms with van der Waals surface area (Å²) in [5.41, 5.74) is 2.96. The van der Waals surface area contributed by atoms with Crippen LogP contribution in [0, 0.1) is 0 Å². The molecule has 1 heterocycles. The molecule has 0 saturated heterocycles. The summed E-state index contributed by atoms with van der Waals surface area (Å²) in [5.74, 6) is 0.905. The molecular formula is C16H17ClN2O. The Morgan fingerprint density at radius 1 is 1.30 bits per heavy atom. The molecule has 1 fully saturated rings. The zero-order valence-corrected chi connectivity index (χ0v) is 12.2. The molecule has 0 radical (unpaired) electrons. The molecule has 3 rings (SSSR count). The summed E-state index contributed by atoms with van der Waals surface area (Å²) in [7, 11) is 0. The first-order valence-electron chi connectivity index (χ1n) is 7.04. The van der Waals surface area contributed by atoms with Gasteiger partial charge in [0.1, 0.15) is 17.2 Å². The first-order chi connectivity index (χ1) is 9.78. The minimum absolute atomic E-state index is 0.398. The first-order valence-corrected chi connectivity index (χ1v) is 7.42. The Kier molecular flexibility index (Phi) is 3.88. The lowest BCUT2D eigenvalue weighted by molar-refractivity contribution is 0.303. The Morgan fingerprint density at radius 3 is 2.90 bits per heavy atom. The molecule has 1 aliphatic rings. The highest BCUT2D eigenvalue weighted by molar-refractivity contribution is 6.30. The van der Waals surface area contributed by atoms with Gasteiger partial charge in [-0.25, -0.2) is 9.97 Å². The molecule has 0 amide bonds. The minimum atomic E-state index is 0.398. The smallest absolute Gasteiger partial charge is 0.136 e. The van der Waals surface area contributed by atoms with Crippen LogP contribution in [-0.2, 0) is 6.42 Å². The van der Waals surface area contributed by atoms with E-state index in [1.54, 1.807) is 0 Å². The van der Waals surface area contributed by atoms with Crippen molar-refractivity contribution in [1.29, 1.82) is 0 Å². The van der Waals surface area contributed by atoms with Gasteiger partial charge in [0.2, 0.25) is 0 Å². The van der Waals surface area contributed by atoms with E-state index in [4.69, 9.17) is 16.3 Å². The zero-order valence-electron chi connectivity index (χ0n) is 11.5. The normalized spacial score (nSPS) is 14.3. The van der Waals surface area contributed by atoms with E-state index < -0.39 is 0 Å². The van der Waals surface area contributed by atoms with Gasteiger partial charge < -0.3 is 4.74 Å². The number of aromatic nitrogens is 2. The molecule has 0 spiro atoms. The molecule has 3 nitrogen and oxygen atoms in total. The molecule has 104 valence electrons. The Morgan fingerprint density at radius 2 is 2.15 bits per heavy atom. The van der Waals surface area contributed by atoms with Crippen molar-refractivity contribution in [2.75, 3.05) is 0 Å². The van der Waals surface area contributed by atoms with Crippen LogP contribution in [0.1, 0.15) is 31.7 Å². The fourth-order valence-electron chi connectivity index (χ4n) is 2.21. The fourth-order valence-corrected chi connectivity index (χ4v) is 2.43. The van der Waals surface area contributed by atoms with Crippen molar-refractivity contribution in [3.63, 3.8) is 0 Å². The second-order valence-corrected chi connectivity index (χ2v) is 5.44. The van der Waals surface area contributed by atoms with Crippen molar-refractivity contribution in [2.24, 2.45) is 0 Å². The molecule has 0 N–H and O–H groups in total. The Hall–Kier alpha value is -1.61. The van der Waals surface area contributed by atoms with Gasteiger partial charge in [0.25, 0.3) is 0 Å². The standard InChI is InChI=1S/C16H17ClN2O/c1-2-4-14-15(18-10-19-16(14)17)11-5-3-6-13(9-11)20-12-7-8-12/h3,5-6,9-10,12H,2,4,7-8H2,1H3. The number of hydrogen-bond acceptors (Lipinski definition) is 3. The van der Waals surface area contributed by atoms with Crippen molar-refractivity contribution in [3.8, 4) is 17.0 Å². The summed E-state index contributed by atoms with van der Waals surface area (Å²) in [4.78, 5) is 8.50. The first kappa shape index (κ1) is 13.4. The van der Waals surface area contributed by atoms with Crippen LogP contribution < -0.4 is 4.74 Å². The summed E-state index contributed by atoms with van der Waals surface area (Å²) in [5, 5.41) is 0.547. The van der Waals surface area contributed by atoms with E-state index in [1.165, 1.54) is 6.33 Å². The number of rotatable bonds is 5. The Labute approximate surface area is 124 Å². The van der Waals surface area contributed by atoms with Crippen LogP contribution in [0.5, 0.6) is 5.75 Å². The molecule has 0 unspecified atom stereocenters. The maximum Gasteiger partial charge on any atom is 0.136 e. The Balaban J connectivity index is 1.97. The van der Waals surface area contributed by atoms with E-state index in [1.807, 2.05) is 24.3 Å². The quantitative estimate of drug-likeness (QED) is 0.770. The molecule has 1 aromatic heterocycles. The van der Waals surface area contributed by atoms with E-state index in [2.05, 4.69) is 16.9 Å². The third-order valence-electron chi connectivity index (χ3n) is 3.33. The number of hydrogen-bond donors (Lipinski definition) is 0.